The first-order valence-corrected chi connectivity index (χ1v) is 12.5. The van der Waals surface area contributed by atoms with Crippen LogP contribution in [0.1, 0.15) is 51.0 Å². The van der Waals surface area contributed by atoms with Crippen LogP contribution in [0.25, 0.3) is 0 Å². The Morgan fingerprint density at radius 2 is 1.51 bits per heavy atom. The summed E-state index contributed by atoms with van der Waals surface area (Å²) in [6.07, 6.45) is 3.92. The van der Waals surface area contributed by atoms with Gasteiger partial charge in [0.1, 0.15) is 0 Å². The fourth-order valence-electron chi connectivity index (χ4n) is 6.12. The van der Waals surface area contributed by atoms with E-state index in [1.54, 1.807) is 0 Å². The van der Waals surface area contributed by atoms with Crippen molar-refractivity contribution in [3.8, 4) is 6.07 Å². The summed E-state index contributed by atoms with van der Waals surface area (Å²) >= 11 is 0. The smallest absolute Gasteiger partial charge is 0.335 e. The number of benzene rings is 1. The second kappa shape index (κ2) is 11.8. The average molecular weight is 488 g/mol. The quantitative estimate of drug-likeness (QED) is 0.454. The lowest BCUT2D eigenvalue weighted by Crippen LogP contribution is -2.62. The minimum Gasteiger partial charge on any atom is -0.479 e. The van der Waals surface area contributed by atoms with Gasteiger partial charge in [-0.05, 0) is 67.3 Å². The summed E-state index contributed by atoms with van der Waals surface area (Å²) in [5.74, 6) is -1.91. The van der Waals surface area contributed by atoms with Crippen LogP contribution in [0.3, 0.4) is 0 Å². The van der Waals surface area contributed by atoms with E-state index in [1.165, 1.54) is 76.9 Å². The van der Waals surface area contributed by atoms with E-state index in [-0.39, 0.29) is 0 Å². The highest BCUT2D eigenvalue weighted by molar-refractivity contribution is 5.83. The summed E-state index contributed by atoms with van der Waals surface area (Å²) in [4.78, 5) is 24.9. The number of aliphatic hydroxyl groups excluding tert-OH is 2. The van der Waals surface area contributed by atoms with Crippen LogP contribution < -0.4 is 4.90 Å². The zero-order valence-corrected chi connectivity index (χ0v) is 20.3. The molecule has 3 aliphatic rings. The van der Waals surface area contributed by atoms with Gasteiger partial charge >= 0.3 is 11.9 Å². The maximum Gasteiger partial charge on any atom is 0.335 e. The molecule has 1 spiro atoms. The third-order valence-electron chi connectivity index (χ3n) is 7.99. The highest BCUT2D eigenvalue weighted by Gasteiger charge is 2.54. The Labute approximate surface area is 206 Å². The van der Waals surface area contributed by atoms with E-state index in [0.717, 1.165) is 17.4 Å². The van der Waals surface area contributed by atoms with Crippen LogP contribution in [0, 0.1) is 28.6 Å². The van der Waals surface area contributed by atoms with Gasteiger partial charge in [-0.2, -0.15) is 5.26 Å². The van der Waals surface area contributed by atoms with E-state index in [2.05, 4.69) is 34.9 Å². The number of hydrogen-bond acceptors (Lipinski definition) is 7. The van der Waals surface area contributed by atoms with Crippen LogP contribution in [0.2, 0.25) is 0 Å². The van der Waals surface area contributed by atoms with Gasteiger partial charge < -0.3 is 30.2 Å². The normalized spacial score (nSPS) is 24.7. The number of nitrogens with zero attached hydrogens (tertiary/aromatic N) is 3. The van der Waals surface area contributed by atoms with Crippen LogP contribution in [0.15, 0.2) is 24.3 Å². The molecule has 2 heterocycles. The standard InChI is InChI=1S/C22H31N3.C4H6O6/c1-2-3-12-24-14-19-16-25(21-8-6-18(13-23)7-9-21)17-20(15-24)22(19)10-4-5-11-22;5-1(3(7)8)2(6)4(9)10/h6-9,19-20H,2-5,10-12,14-17H2,1H3;1-2,5-6H,(H,7,8)(H,9,10). The Bertz CT molecular complexity index is 873. The summed E-state index contributed by atoms with van der Waals surface area (Å²) in [6, 6.07) is 10.5. The minimum absolute atomic E-state index is 0.631. The Hall–Kier alpha value is -2.67. The zero-order valence-electron chi connectivity index (χ0n) is 20.3. The van der Waals surface area contributed by atoms with Gasteiger partial charge in [-0.15, -0.1) is 0 Å². The van der Waals surface area contributed by atoms with Gasteiger partial charge in [0, 0.05) is 31.9 Å². The monoisotopic (exact) mass is 487 g/mol. The number of anilines is 1. The number of likely N-dealkylation sites (tertiary alicyclic amines) is 1. The van der Waals surface area contributed by atoms with E-state index in [0.29, 0.717) is 5.41 Å². The molecule has 9 nitrogen and oxygen atoms in total. The molecule has 1 aromatic carbocycles. The summed E-state index contributed by atoms with van der Waals surface area (Å²) in [7, 11) is 0. The molecule has 4 N–H and O–H groups in total. The minimum atomic E-state index is -2.27. The Kier molecular flexibility index (Phi) is 9.11. The lowest BCUT2D eigenvalue weighted by atomic mass is 9.60. The number of aliphatic carboxylic acids is 2. The molecule has 1 aromatic rings. The maximum absolute atomic E-state index is 9.77. The first-order valence-electron chi connectivity index (χ1n) is 12.5. The molecule has 192 valence electrons. The molecule has 0 aromatic heterocycles. The van der Waals surface area contributed by atoms with E-state index in [4.69, 9.17) is 25.7 Å². The number of carbonyl (C=O) groups is 2. The summed E-state index contributed by atoms with van der Waals surface area (Å²) in [6.45, 7) is 8.58. The zero-order chi connectivity index (χ0) is 25.6. The molecule has 1 aliphatic carbocycles. The number of carboxylic acid groups (broad SMARTS) is 2. The second-order valence-corrected chi connectivity index (χ2v) is 10.1. The number of rotatable bonds is 7. The summed E-state index contributed by atoms with van der Waals surface area (Å²) in [5.41, 5.74) is 2.70. The third kappa shape index (κ3) is 6.13. The molecule has 3 fully saturated rings. The van der Waals surface area contributed by atoms with Crippen molar-refractivity contribution in [1.82, 2.24) is 4.90 Å². The van der Waals surface area contributed by atoms with E-state index < -0.39 is 24.1 Å². The molecule has 9 heteroatoms. The van der Waals surface area contributed by atoms with Crippen molar-refractivity contribution >= 4 is 17.6 Å². The SMILES string of the molecule is CCCCN1CC2CN(c3ccc(C#N)cc3)CC(C1)C21CCCC1.O=C(O)C(O)C(O)C(=O)O. The van der Waals surface area contributed by atoms with Crippen molar-refractivity contribution in [2.75, 3.05) is 37.6 Å². The first kappa shape index (κ1) is 26.9. The largest absolute Gasteiger partial charge is 0.479 e. The summed E-state index contributed by atoms with van der Waals surface area (Å²) < 4.78 is 0. The van der Waals surface area contributed by atoms with Gasteiger partial charge in [-0.3, -0.25) is 0 Å². The molecule has 35 heavy (non-hydrogen) atoms. The molecule has 4 unspecified atom stereocenters. The van der Waals surface area contributed by atoms with Gasteiger partial charge in [0.15, 0.2) is 12.2 Å². The Morgan fingerprint density at radius 3 is 1.94 bits per heavy atom. The highest BCUT2D eigenvalue weighted by Crippen LogP contribution is 2.55. The molecule has 0 radical (unpaired) electrons. The van der Waals surface area contributed by atoms with Gasteiger partial charge in [0.05, 0.1) is 11.6 Å². The molecule has 1 saturated carbocycles. The predicted octanol–water partition coefficient (Wildman–Crippen LogP) is 2.16. The van der Waals surface area contributed by atoms with Crippen LogP contribution in [0.5, 0.6) is 0 Å². The molecular weight excluding hydrogens is 450 g/mol. The average Bonchev–Trinajstić information content (AvgIpc) is 3.32. The van der Waals surface area contributed by atoms with Crippen molar-refractivity contribution in [3.63, 3.8) is 0 Å². The van der Waals surface area contributed by atoms with Crippen molar-refractivity contribution in [2.24, 2.45) is 17.3 Å². The second-order valence-electron chi connectivity index (χ2n) is 10.1. The van der Waals surface area contributed by atoms with Gasteiger partial charge in [0.25, 0.3) is 0 Å². The van der Waals surface area contributed by atoms with Crippen LogP contribution in [-0.4, -0.2) is 82.2 Å². The number of aliphatic hydroxyl groups is 2. The molecule has 0 amide bonds. The maximum atomic E-state index is 9.77. The molecular formula is C26H37N3O6. The van der Waals surface area contributed by atoms with Crippen molar-refractivity contribution < 1.29 is 30.0 Å². The van der Waals surface area contributed by atoms with Crippen molar-refractivity contribution in [3.05, 3.63) is 29.8 Å². The van der Waals surface area contributed by atoms with E-state index in [1.807, 2.05) is 12.1 Å². The number of nitriles is 1. The molecule has 4 atom stereocenters. The lowest BCUT2D eigenvalue weighted by Gasteiger charge is -2.58. The number of piperidine rings is 2. The summed E-state index contributed by atoms with van der Waals surface area (Å²) in [5, 5.41) is 41.6. The van der Waals surface area contributed by atoms with Crippen LogP contribution in [0.4, 0.5) is 5.69 Å². The number of unbranched alkanes of at least 4 members (excludes halogenated alkanes) is 1. The number of hydrogen-bond donors (Lipinski definition) is 4. The Balaban J connectivity index is 0.000000292. The van der Waals surface area contributed by atoms with Gasteiger partial charge in [-0.1, -0.05) is 26.2 Å². The van der Waals surface area contributed by atoms with E-state index >= 15 is 0 Å². The fourth-order valence-corrected chi connectivity index (χ4v) is 6.12. The molecule has 2 bridgehead atoms. The van der Waals surface area contributed by atoms with Gasteiger partial charge in [-0.25, -0.2) is 9.59 Å². The number of carboxylic acids is 2. The predicted molar refractivity (Wildman–Crippen MR) is 130 cm³/mol. The van der Waals surface area contributed by atoms with Crippen LogP contribution >= 0.6 is 0 Å². The van der Waals surface area contributed by atoms with Crippen LogP contribution in [-0.2, 0) is 9.59 Å². The topological polar surface area (TPSA) is 145 Å². The fraction of sp³-hybridized carbons (Fsp3) is 0.654. The first-order chi connectivity index (χ1) is 16.7. The van der Waals surface area contributed by atoms with Gasteiger partial charge in [0.2, 0.25) is 0 Å². The third-order valence-corrected chi connectivity index (χ3v) is 7.99. The van der Waals surface area contributed by atoms with Crippen molar-refractivity contribution in [1.29, 1.82) is 5.26 Å². The van der Waals surface area contributed by atoms with E-state index in [9.17, 15) is 9.59 Å². The molecule has 2 aliphatic heterocycles. The Morgan fingerprint density at radius 1 is 1.00 bits per heavy atom. The van der Waals surface area contributed by atoms with Crippen molar-refractivity contribution in [2.45, 2.75) is 57.7 Å². The molecule has 2 saturated heterocycles. The lowest BCUT2D eigenvalue weighted by molar-refractivity contribution is -0.165. The highest BCUT2D eigenvalue weighted by atomic mass is 16.4. The molecule has 4 rings (SSSR count).